The highest BCUT2D eigenvalue weighted by atomic mass is 32.2. The smallest absolute Gasteiger partial charge is 0.244 e. The number of carbonyl (C=O) groups is 1. The van der Waals surface area contributed by atoms with Crippen LogP contribution in [-0.4, -0.2) is 26.6 Å². The molecule has 2 aromatic carbocycles. The van der Waals surface area contributed by atoms with Crippen LogP contribution in [0.2, 0.25) is 0 Å². The lowest BCUT2D eigenvalue weighted by Gasteiger charge is -2.32. The first-order valence-corrected chi connectivity index (χ1v) is 11.6. The standard InChI is InChI=1S/C22H29FN2O3S/c1-5-20(25(29(4,27)28)21-14-10-9-13-18(21)23)22(26)24-19(15-16(2)3)17-11-7-6-8-12-17/h6-14,16,19-20H,5,15H2,1-4H3,(H,24,26)/t19-,20+/m1/s1. The van der Waals surface area contributed by atoms with Gasteiger partial charge in [-0.3, -0.25) is 9.10 Å². The Balaban J connectivity index is 2.39. The fraction of sp³-hybridized carbons (Fsp3) is 0.409. The number of carbonyl (C=O) groups excluding carboxylic acids is 1. The fourth-order valence-corrected chi connectivity index (χ4v) is 4.58. The minimum absolute atomic E-state index is 0.128. The molecule has 0 aliphatic carbocycles. The third-order valence-electron chi connectivity index (χ3n) is 4.65. The van der Waals surface area contributed by atoms with Gasteiger partial charge in [-0.2, -0.15) is 0 Å². The van der Waals surface area contributed by atoms with Gasteiger partial charge in [0.15, 0.2) is 0 Å². The molecule has 2 rings (SSSR count). The van der Waals surface area contributed by atoms with Gasteiger partial charge in [0.2, 0.25) is 15.9 Å². The highest BCUT2D eigenvalue weighted by molar-refractivity contribution is 7.92. The summed E-state index contributed by atoms with van der Waals surface area (Å²) in [6, 6.07) is 13.8. The summed E-state index contributed by atoms with van der Waals surface area (Å²) in [5.41, 5.74) is 0.818. The number of sulfonamides is 1. The molecular weight excluding hydrogens is 391 g/mol. The third-order valence-corrected chi connectivity index (χ3v) is 5.81. The summed E-state index contributed by atoms with van der Waals surface area (Å²) in [7, 11) is -3.89. The first kappa shape index (κ1) is 22.9. The van der Waals surface area contributed by atoms with Gasteiger partial charge in [0.05, 0.1) is 18.0 Å². The van der Waals surface area contributed by atoms with Gasteiger partial charge in [-0.25, -0.2) is 12.8 Å². The Morgan fingerprint density at radius 1 is 1.07 bits per heavy atom. The molecule has 29 heavy (non-hydrogen) atoms. The van der Waals surface area contributed by atoms with Gasteiger partial charge in [0.1, 0.15) is 11.9 Å². The van der Waals surface area contributed by atoms with Crippen molar-refractivity contribution in [2.24, 2.45) is 5.92 Å². The molecule has 0 saturated carbocycles. The molecule has 2 atom stereocenters. The van der Waals surface area contributed by atoms with E-state index >= 15 is 0 Å². The SMILES string of the molecule is CC[C@@H](C(=O)N[C@H](CC(C)C)c1ccccc1)N(c1ccccc1F)S(C)(=O)=O. The van der Waals surface area contributed by atoms with Crippen LogP contribution in [0, 0.1) is 11.7 Å². The van der Waals surface area contributed by atoms with Crippen molar-refractivity contribution in [1.82, 2.24) is 5.32 Å². The molecule has 0 aliphatic rings. The Bertz CT molecular complexity index is 917. The van der Waals surface area contributed by atoms with E-state index in [1.807, 2.05) is 30.3 Å². The summed E-state index contributed by atoms with van der Waals surface area (Å²) in [6.07, 6.45) is 1.89. The highest BCUT2D eigenvalue weighted by Crippen LogP contribution is 2.27. The van der Waals surface area contributed by atoms with E-state index in [9.17, 15) is 17.6 Å². The predicted octanol–water partition coefficient (Wildman–Crippen LogP) is 4.27. The van der Waals surface area contributed by atoms with E-state index in [1.54, 1.807) is 13.0 Å². The van der Waals surface area contributed by atoms with Gasteiger partial charge in [-0.15, -0.1) is 0 Å². The summed E-state index contributed by atoms with van der Waals surface area (Å²) in [6.45, 7) is 5.83. The molecule has 0 unspecified atom stereocenters. The van der Waals surface area contributed by atoms with Crippen LogP contribution in [0.15, 0.2) is 54.6 Å². The van der Waals surface area contributed by atoms with Crippen LogP contribution in [-0.2, 0) is 14.8 Å². The molecule has 1 N–H and O–H groups in total. The van der Waals surface area contributed by atoms with Crippen molar-refractivity contribution in [2.75, 3.05) is 10.6 Å². The Morgan fingerprint density at radius 3 is 2.17 bits per heavy atom. The molecule has 0 spiro atoms. The summed E-state index contributed by atoms with van der Waals surface area (Å²) < 4.78 is 40.3. The number of benzene rings is 2. The van der Waals surface area contributed by atoms with Gasteiger partial charge in [-0.05, 0) is 36.5 Å². The molecule has 7 heteroatoms. The minimum atomic E-state index is -3.89. The lowest BCUT2D eigenvalue weighted by atomic mass is 9.96. The second kappa shape index (κ2) is 9.87. The second-order valence-corrected chi connectivity index (χ2v) is 9.40. The van der Waals surface area contributed by atoms with Crippen LogP contribution >= 0.6 is 0 Å². The lowest BCUT2D eigenvalue weighted by Crippen LogP contribution is -2.50. The van der Waals surface area contributed by atoms with Gasteiger partial charge >= 0.3 is 0 Å². The van der Waals surface area contributed by atoms with Crippen molar-refractivity contribution in [3.8, 4) is 0 Å². The summed E-state index contributed by atoms with van der Waals surface area (Å²) in [5.74, 6) is -0.820. The maximum absolute atomic E-state index is 14.4. The molecule has 0 bridgehead atoms. The van der Waals surface area contributed by atoms with Crippen molar-refractivity contribution < 1.29 is 17.6 Å². The number of hydrogen-bond donors (Lipinski definition) is 1. The van der Waals surface area contributed by atoms with Gasteiger partial charge in [-0.1, -0.05) is 63.2 Å². The Labute approximate surface area is 173 Å². The van der Waals surface area contributed by atoms with Crippen LogP contribution in [0.4, 0.5) is 10.1 Å². The summed E-state index contributed by atoms with van der Waals surface area (Å²) in [4.78, 5) is 13.2. The molecule has 0 saturated heterocycles. The molecule has 0 radical (unpaired) electrons. The van der Waals surface area contributed by atoms with E-state index in [-0.39, 0.29) is 18.2 Å². The van der Waals surface area contributed by atoms with Crippen molar-refractivity contribution in [2.45, 2.75) is 45.7 Å². The van der Waals surface area contributed by atoms with Crippen LogP contribution in [0.5, 0.6) is 0 Å². The molecule has 1 amide bonds. The van der Waals surface area contributed by atoms with E-state index < -0.39 is 27.8 Å². The third kappa shape index (κ3) is 6.03. The number of para-hydroxylation sites is 1. The van der Waals surface area contributed by atoms with E-state index in [0.29, 0.717) is 12.3 Å². The molecule has 0 fully saturated rings. The normalized spacial score (nSPS) is 13.7. The van der Waals surface area contributed by atoms with Crippen molar-refractivity contribution in [1.29, 1.82) is 0 Å². The average Bonchev–Trinajstić information content (AvgIpc) is 2.65. The molecule has 0 heterocycles. The minimum Gasteiger partial charge on any atom is -0.347 e. The van der Waals surface area contributed by atoms with E-state index in [2.05, 4.69) is 19.2 Å². The number of anilines is 1. The van der Waals surface area contributed by atoms with Crippen molar-refractivity contribution in [3.63, 3.8) is 0 Å². The van der Waals surface area contributed by atoms with Crippen LogP contribution < -0.4 is 9.62 Å². The predicted molar refractivity (Wildman–Crippen MR) is 115 cm³/mol. The number of amides is 1. The van der Waals surface area contributed by atoms with Crippen molar-refractivity contribution >= 4 is 21.6 Å². The number of nitrogens with zero attached hydrogens (tertiary/aromatic N) is 1. The fourth-order valence-electron chi connectivity index (χ4n) is 3.37. The zero-order valence-electron chi connectivity index (χ0n) is 17.3. The second-order valence-electron chi connectivity index (χ2n) is 7.54. The molecule has 158 valence electrons. The van der Waals surface area contributed by atoms with Gasteiger partial charge < -0.3 is 5.32 Å². The topological polar surface area (TPSA) is 66.5 Å². The molecule has 0 aliphatic heterocycles. The first-order valence-electron chi connectivity index (χ1n) is 9.74. The molecule has 5 nitrogen and oxygen atoms in total. The Hall–Kier alpha value is -2.41. The van der Waals surface area contributed by atoms with E-state index in [0.717, 1.165) is 16.1 Å². The maximum Gasteiger partial charge on any atom is 0.244 e. The number of halogens is 1. The zero-order chi connectivity index (χ0) is 21.6. The number of rotatable bonds is 9. The van der Waals surface area contributed by atoms with Crippen LogP contribution in [0.3, 0.4) is 0 Å². The zero-order valence-corrected chi connectivity index (χ0v) is 18.1. The van der Waals surface area contributed by atoms with Crippen LogP contribution in [0.1, 0.15) is 45.2 Å². The van der Waals surface area contributed by atoms with E-state index in [4.69, 9.17) is 0 Å². The average molecular weight is 421 g/mol. The monoisotopic (exact) mass is 420 g/mol. The van der Waals surface area contributed by atoms with E-state index in [1.165, 1.54) is 18.2 Å². The molecular formula is C22H29FN2O3S. The Morgan fingerprint density at radius 2 is 1.66 bits per heavy atom. The number of nitrogens with one attached hydrogen (secondary N) is 1. The number of hydrogen-bond acceptors (Lipinski definition) is 3. The largest absolute Gasteiger partial charge is 0.347 e. The maximum atomic E-state index is 14.4. The summed E-state index contributed by atoms with van der Waals surface area (Å²) >= 11 is 0. The lowest BCUT2D eigenvalue weighted by molar-refractivity contribution is -0.123. The first-order chi connectivity index (χ1) is 13.6. The highest BCUT2D eigenvalue weighted by Gasteiger charge is 2.34. The molecule has 0 aromatic heterocycles. The Kier molecular flexibility index (Phi) is 7.79. The molecule has 2 aromatic rings. The van der Waals surface area contributed by atoms with Gasteiger partial charge in [0, 0.05) is 0 Å². The van der Waals surface area contributed by atoms with Gasteiger partial charge in [0.25, 0.3) is 0 Å². The summed E-state index contributed by atoms with van der Waals surface area (Å²) in [5, 5.41) is 2.99. The quantitative estimate of drug-likeness (QED) is 0.659. The van der Waals surface area contributed by atoms with Crippen molar-refractivity contribution in [3.05, 3.63) is 66.0 Å². The van der Waals surface area contributed by atoms with Crippen LogP contribution in [0.25, 0.3) is 0 Å².